The highest BCUT2D eigenvalue weighted by atomic mass is 35.5. The van der Waals surface area contributed by atoms with Gasteiger partial charge in [0.1, 0.15) is 6.33 Å². The molecule has 1 aromatic carbocycles. The molecule has 3 N–H and O–H groups in total. The number of nitrogens with zero attached hydrogens (tertiary/aromatic N) is 3. The van der Waals surface area contributed by atoms with Crippen LogP contribution < -0.4 is 5.73 Å². The number of halogens is 3. The molecule has 0 saturated heterocycles. The molecule has 0 fully saturated rings. The molecule has 5 nitrogen and oxygen atoms in total. The third-order valence-corrected chi connectivity index (χ3v) is 2.91. The molecule has 0 bridgehead atoms. The molecule has 0 spiro atoms. The Hall–Kier alpha value is -1.57. The lowest BCUT2D eigenvalue weighted by Crippen LogP contribution is -2.15. The number of benzene rings is 1. The van der Waals surface area contributed by atoms with Crippen molar-refractivity contribution in [2.75, 3.05) is 6.61 Å². The lowest BCUT2D eigenvalue weighted by molar-refractivity contribution is 0.137. The van der Waals surface area contributed by atoms with Gasteiger partial charge in [-0.25, -0.2) is 18.4 Å². The minimum atomic E-state index is -2.77. The summed E-state index contributed by atoms with van der Waals surface area (Å²) in [6, 6.07) is 4.02. The van der Waals surface area contributed by atoms with Gasteiger partial charge in [-0.05, 0) is 17.7 Å². The van der Waals surface area contributed by atoms with E-state index >= 15 is 0 Å². The van der Waals surface area contributed by atoms with Crippen LogP contribution in [0.4, 0.5) is 8.78 Å². The third-order valence-electron chi connectivity index (χ3n) is 2.59. The van der Waals surface area contributed by atoms with Crippen molar-refractivity contribution in [3.05, 3.63) is 40.9 Å². The fourth-order valence-electron chi connectivity index (χ4n) is 1.61. The second kappa shape index (κ2) is 5.60. The number of aliphatic hydroxyl groups excluding tert-OH is 1. The van der Waals surface area contributed by atoms with Crippen molar-refractivity contribution in [3.8, 4) is 5.69 Å². The first-order valence-electron chi connectivity index (χ1n) is 5.39. The number of rotatable bonds is 4. The van der Waals surface area contributed by atoms with E-state index in [2.05, 4.69) is 10.1 Å². The molecule has 1 atom stereocenters. The van der Waals surface area contributed by atoms with Gasteiger partial charge in [0.05, 0.1) is 23.4 Å². The zero-order valence-corrected chi connectivity index (χ0v) is 10.4. The fraction of sp³-hybridized carbons (Fsp3) is 0.273. The minimum absolute atomic E-state index is 0.237. The lowest BCUT2D eigenvalue weighted by Gasteiger charge is -2.13. The standard InChI is InChI=1S/C11H11ClF2N4O/c12-7-2-1-6(8(15)4-19)3-9(7)18-11(10(13)14)16-5-17-18/h1-3,5,8,10,19H,4,15H2/t8-/m1/s1. The zero-order chi connectivity index (χ0) is 14.0. The monoisotopic (exact) mass is 288 g/mol. The molecule has 0 unspecified atom stereocenters. The summed E-state index contributed by atoms with van der Waals surface area (Å²) in [6.45, 7) is -0.264. The summed E-state index contributed by atoms with van der Waals surface area (Å²) in [5.41, 5.74) is 6.49. The van der Waals surface area contributed by atoms with Crippen molar-refractivity contribution in [2.24, 2.45) is 5.73 Å². The average Bonchev–Trinajstić information content (AvgIpc) is 2.87. The van der Waals surface area contributed by atoms with Crippen LogP contribution in [0.1, 0.15) is 23.9 Å². The van der Waals surface area contributed by atoms with E-state index in [1.165, 1.54) is 12.1 Å². The topological polar surface area (TPSA) is 77.0 Å². The van der Waals surface area contributed by atoms with Crippen LogP contribution in [0.3, 0.4) is 0 Å². The predicted molar refractivity (Wildman–Crippen MR) is 65.3 cm³/mol. The third kappa shape index (κ3) is 2.73. The molecule has 0 aliphatic heterocycles. The molecule has 102 valence electrons. The fourth-order valence-corrected chi connectivity index (χ4v) is 1.81. The summed E-state index contributed by atoms with van der Waals surface area (Å²) >= 11 is 5.98. The van der Waals surface area contributed by atoms with E-state index in [0.717, 1.165) is 11.0 Å². The van der Waals surface area contributed by atoms with Gasteiger partial charge in [0, 0.05) is 0 Å². The van der Waals surface area contributed by atoms with Gasteiger partial charge in [0.15, 0.2) is 5.82 Å². The van der Waals surface area contributed by atoms with Gasteiger partial charge < -0.3 is 10.8 Å². The van der Waals surface area contributed by atoms with E-state index in [9.17, 15) is 8.78 Å². The molecule has 2 aromatic rings. The van der Waals surface area contributed by atoms with Crippen LogP contribution in [0, 0.1) is 0 Å². The maximum absolute atomic E-state index is 12.8. The quantitative estimate of drug-likeness (QED) is 0.900. The van der Waals surface area contributed by atoms with Crippen molar-refractivity contribution in [1.29, 1.82) is 0 Å². The highest BCUT2D eigenvalue weighted by Gasteiger charge is 2.19. The minimum Gasteiger partial charge on any atom is -0.394 e. The molecule has 0 aliphatic carbocycles. The molecule has 1 aromatic heterocycles. The molecule has 19 heavy (non-hydrogen) atoms. The molecule has 0 saturated carbocycles. The van der Waals surface area contributed by atoms with Crippen LogP contribution in [0.2, 0.25) is 5.02 Å². The summed E-state index contributed by atoms with van der Waals surface area (Å²) in [4.78, 5) is 3.49. The second-order valence-corrected chi connectivity index (χ2v) is 4.24. The maximum Gasteiger partial charge on any atom is 0.297 e. The van der Waals surface area contributed by atoms with Crippen LogP contribution in [0.25, 0.3) is 5.69 Å². The van der Waals surface area contributed by atoms with Crippen molar-refractivity contribution >= 4 is 11.6 Å². The van der Waals surface area contributed by atoms with Crippen molar-refractivity contribution in [3.63, 3.8) is 0 Å². The Morgan fingerprint density at radius 1 is 1.42 bits per heavy atom. The molecular formula is C11H11ClF2N4O. The van der Waals surface area contributed by atoms with Crippen LogP contribution in [-0.4, -0.2) is 26.5 Å². The lowest BCUT2D eigenvalue weighted by atomic mass is 10.1. The largest absolute Gasteiger partial charge is 0.394 e. The Kier molecular flexibility index (Phi) is 4.08. The summed E-state index contributed by atoms with van der Waals surface area (Å²) in [7, 11) is 0. The van der Waals surface area contributed by atoms with Crippen molar-refractivity contribution in [2.45, 2.75) is 12.5 Å². The first-order chi connectivity index (χ1) is 9.04. The average molecular weight is 289 g/mol. The van der Waals surface area contributed by atoms with Gasteiger partial charge >= 0.3 is 0 Å². The van der Waals surface area contributed by atoms with Crippen LogP contribution in [0.5, 0.6) is 0 Å². The van der Waals surface area contributed by atoms with E-state index in [0.29, 0.717) is 5.56 Å². The van der Waals surface area contributed by atoms with Crippen LogP contribution in [-0.2, 0) is 0 Å². The van der Waals surface area contributed by atoms with Crippen LogP contribution >= 0.6 is 11.6 Å². The number of alkyl halides is 2. The number of aromatic nitrogens is 3. The van der Waals surface area contributed by atoms with E-state index in [1.54, 1.807) is 6.07 Å². The number of hydrogen-bond donors (Lipinski definition) is 2. The Morgan fingerprint density at radius 3 is 2.79 bits per heavy atom. The predicted octanol–water partition coefficient (Wildman–Crippen LogP) is 1.85. The zero-order valence-electron chi connectivity index (χ0n) is 9.67. The molecular weight excluding hydrogens is 278 g/mol. The Bertz CT molecular complexity index is 576. The van der Waals surface area contributed by atoms with E-state index < -0.39 is 18.3 Å². The van der Waals surface area contributed by atoms with Gasteiger partial charge in [-0.2, -0.15) is 5.10 Å². The smallest absolute Gasteiger partial charge is 0.297 e. The second-order valence-electron chi connectivity index (χ2n) is 3.83. The summed E-state index contributed by atoms with van der Waals surface area (Å²) in [5, 5.41) is 13.0. The maximum atomic E-state index is 12.8. The van der Waals surface area contributed by atoms with Gasteiger partial charge in [-0.1, -0.05) is 17.7 Å². The molecule has 1 heterocycles. The van der Waals surface area contributed by atoms with Crippen LogP contribution in [0.15, 0.2) is 24.5 Å². The van der Waals surface area contributed by atoms with Crippen molar-refractivity contribution < 1.29 is 13.9 Å². The SMILES string of the molecule is N[C@H](CO)c1ccc(Cl)c(-n2ncnc2C(F)F)c1. The first kappa shape index (κ1) is 13.9. The molecule has 0 amide bonds. The highest BCUT2D eigenvalue weighted by molar-refractivity contribution is 6.32. The van der Waals surface area contributed by atoms with Gasteiger partial charge in [0.25, 0.3) is 6.43 Å². The van der Waals surface area contributed by atoms with E-state index in [1.807, 2.05) is 0 Å². The van der Waals surface area contributed by atoms with E-state index in [-0.39, 0.29) is 17.3 Å². The summed E-state index contributed by atoms with van der Waals surface area (Å²) < 4.78 is 26.5. The number of nitrogens with two attached hydrogens (primary N) is 1. The molecule has 0 aliphatic rings. The van der Waals surface area contributed by atoms with Gasteiger partial charge in [0.2, 0.25) is 0 Å². The Balaban J connectivity index is 2.52. The van der Waals surface area contributed by atoms with Gasteiger partial charge in [-0.15, -0.1) is 0 Å². The summed E-state index contributed by atoms with van der Waals surface area (Å²) in [6.07, 6.45) is -1.75. The number of hydrogen-bond acceptors (Lipinski definition) is 4. The Morgan fingerprint density at radius 2 is 2.16 bits per heavy atom. The first-order valence-corrected chi connectivity index (χ1v) is 5.76. The highest BCUT2D eigenvalue weighted by Crippen LogP contribution is 2.27. The van der Waals surface area contributed by atoms with Crippen molar-refractivity contribution in [1.82, 2.24) is 14.8 Å². The van der Waals surface area contributed by atoms with E-state index in [4.69, 9.17) is 22.4 Å². The molecule has 8 heteroatoms. The summed E-state index contributed by atoms with van der Waals surface area (Å²) in [5.74, 6) is -0.503. The molecule has 0 radical (unpaired) electrons. The number of aliphatic hydroxyl groups is 1. The van der Waals surface area contributed by atoms with Gasteiger partial charge in [-0.3, -0.25) is 0 Å². The normalized spacial score (nSPS) is 12.9. The Labute approximate surface area is 112 Å². The molecule has 2 rings (SSSR count).